The summed E-state index contributed by atoms with van der Waals surface area (Å²) in [5.74, 6) is -0.544. The summed E-state index contributed by atoms with van der Waals surface area (Å²) in [4.78, 5) is 13.4. The van der Waals surface area contributed by atoms with Gasteiger partial charge in [-0.2, -0.15) is 17.5 Å². The second-order valence-corrected chi connectivity index (χ2v) is 10.9. The average molecular weight is 498 g/mol. The van der Waals surface area contributed by atoms with Crippen LogP contribution < -0.4 is 10.6 Å². The Hall–Kier alpha value is -2.59. The lowest BCUT2D eigenvalue weighted by Gasteiger charge is -2.32. The van der Waals surface area contributed by atoms with Crippen LogP contribution in [0.5, 0.6) is 0 Å². The summed E-state index contributed by atoms with van der Waals surface area (Å²) in [5, 5.41) is 0. The Bertz CT molecular complexity index is 1090. The molecule has 2 aromatic carbocycles. The van der Waals surface area contributed by atoms with E-state index in [9.17, 15) is 26.4 Å². The Morgan fingerprint density at radius 3 is 2.21 bits per heavy atom. The molecule has 34 heavy (non-hydrogen) atoms. The minimum absolute atomic E-state index is 0.0217. The van der Waals surface area contributed by atoms with Crippen molar-refractivity contribution in [2.45, 2.75) is 44.3 Å². The first-order valence-electron chi connectivity index (χ1n) is 11.2. The number of hydrogen-bond acceptors (Lipinski definition) is 4. The molecule has 0 aliphatic carbocycles. The highest BCUT2D eigenvalue weighted by Gasteiger charge is 2.35. The first kappa shape index (κ1) is 26.0. The van der Waals surface area contributed by atoms with E-state index < -0.39 is 21.8 Å². The van der Waals surface area contributed by atoms with Crippen LogP contribution in [0.25, 0.3) is 0 Å². The van der Waals surface area contributed by atoms with Crippen molar-refractivity contribution < 1.29 is 26.4 Å². The maximum Gasteiger partial charge on any atom is 0.416 e. The van der Waals surface area contributed by atoms with Crippen LogP contribution in [-0.4, -0.2) is 38.3 Å². The van der Waals surface area contributed by atoms with Gasteiger partial charge in [-0.3, -0.25) is 4.79 Å². The highest BCUT2D eigenvalue weighted by Crippen LogP contribution is 2.33. The van der Waals surface area contributed by atoms with Gasteiger partial charge >= 0.3 is 6.18 Å². The monoisotopic (exact) mass is 497 g/mol. The SMILES string of the molecule is CC(C)CN(Cc1ccccc1C(F)(F)F)S(=O)(=O)c1ccc(N2CCC(C(N)=O)CC2)cc1. The van der Waals surface area contributed by atoms with Gasteiger partial charge < -0.3 is 10.6 Å². The number of nitrogens with two attached hydrogens (primary N) is 1. The number of nitrogens with zero attached hydrogens (tertiary/aromatic N) is 2. The summed E-state index contributed by atoms with van der Waals surface area (Å²) < 4.78 is 68.4. The van der Waals surface area contributed by atoms with Crippen LogP contribution in [0, 0.1) is 11.8 Å². The molecule has 0 bridgehead atoms. The number of benzene rings is 2. The third kappa shape index (κ3) is 6.09. The molecule has 2 N–H and O–H groups in total. The molecule has 1 aliphatic heterocycles. The van der Waals surface area contributed by atoms with E-state index >= 15 is 0 Å². The molecule has 0 saturated carbocycles. The molecule has 1 fully saturated rings. The number of anilines is 1. The van der Waals surface area contributed by atoms with E-state index in [2.05, 4.69) is 4.90 Å². The summed E-state index contributed by atoms with van der Waals surface area (Å²) in [6, 6.07) is 11.4. The fourth-order valence-corrected chi connectivity index (χ4v) is 5.76. The molecule has 2 aromatic rings. The summed E-state index contributed by atoms with van der Waals surface area (Å²) in [5.41, 5.74) is 5.27. The molecule has 186 valence electrons. The number of sulfonamides is 1. The molecule has 1 saturated heterocycles. The van der Waals surface area contributed by atoms with Crippen LogP contribution >= 0.6 is 0 Å². The zero-order valence-corrected chi connectivity index (χ0v) is 20.1. The maximum absolute atomic E-state index is 13.5. The lowest BCUT2D eigenvalue weighted by Crippen LogP contribution is -2.38. The number of primary amides is 1. The van der Waals surface area contributed by atoms with Crippen molar-refractivity contribution >= 4 is 21.6 Å². The normalized spacial score (nSPS) is 15.8. The van der Waals surface area contributed by atoms with Gasteiger partial charge in [0.15, 0.2) is 0 Å². The van der Waals surface area contributed by atoms with E-state index in [1.54, 1.807) is 12.1 Å². The van der Waals surface area contributed by atoms with E-state index in [0.717, 1.165) is 16.1 Å². The van der Waals surface area contributed by atoms with Gasteiger partial charge in [0, 0.05) is 37.8 Å². The van der Waals surface area contributed by atoms with E-state index in [1.807, 2.05) is 13.8 Å². The van der Waals surface area contributed by atoms with Gasteiger partial charge in [-0.25, -0.2) is 8.42 Å². The zero-order valence-electron chi connectivity index (χ0n) is 19.3. The Labute approximate surface area is 198 Å². The van der Waals surface area contributed by atoms with Crippen molar-refractivity contribution in [1.82, 2.24) is 4.31 Å². The number of amides is 1. The Morgan fingerprint density at radius 1 is 1.09 bits per heavy atom. The molecular formula is C24H30F3N3O3S. The van der Waals surface area contributed by atoms with Crippen molar-refractivity contribution in [2.75, 3.05) is 24.5 Å². The second-order valence-electron chi connectivity index (χ2n) is 9.00. The number of piperidine rings is 1. The van der Waals surface area contributed by atoms with Gasteiger partial charge in [0.05, 0.1) is 10.5 Å². The van der Waals surface area contributed by atoms with Crippen molar-refractivity contribution in [2.24, 2.45) is 17.6 Å². The van der Waals surface area contributed by atoms with Crippen molar-refractivity contribution in [3.8, 4) is 0 Å². The molecule has 3 rings (SSSR count). The van der Waals surface area contributed by atoms with Crippen LogP contribution in [0.3, 0.4) is 0 Å². The molecule has 1 heterocycles. The molecule has 0 aromatic heterocycles. The number of alkyl halides is 3. The standard InChI is InChI=1S/C24H30F3N3O3S/c1-17(2)15-30(16-19-5-3-4-6-22(19)24(25,26)27)34(32,33)21-9-7-20(8-10-21)29-13-11-18(12-14-29)23(28)31/h3-10,17-18H,11-16H2,1-2H3,(H2,28,31). The predicted octanol–water partition coefficient (Wildman–Crippen LogP) is 4.25. The van der Waals surface area contributed by atoms with Crippen LogP contribution in [0.15, 0.2) is 53.4 Å². The number of carbonyl (C=O) groups excluding carboxylic acids is 1. The van der Waals surface area contributed by atoms with Gasteiger partial charge in [-0.05, 0) is 54.7 Å². The zero-order chi connectivity index (χ0) is 25.1. The Kier molecular flexibility index (Phi) is 7.92. The number of rotatable bonds is 8. The number of halogens is 3. The maximum atomic E-state index is 13.5. The minimum atomic E-state index is -4.58. The van der Waals surface area contributed by atoms with E-state index in [-0.39, 0.29) is 41.3 Å². The average Bonchev–Trinajstić information content (AvgIpc) is 2.78. The first-order valence-corrected chi connectivity index (χ1v) is 12.6. The van der Waals surface area contributed by atoms with E-state index in [4.69, 9.17) is 5.73 Å². The number of carbonyl (C=O) groups is 1. The second kappa shape index (κ2) is 10.4. The fourth-order valence-electron chi connectivity index (χ4n) is 4.18. The molecule has 0 spiro atoms. The van der Waals surface area contributed by atoms with Gasteiger partial charge in [-0.1, -0.05) is 32.0 Å². The van der Waals surface area contributed by atoms with Gasteiger partial charge in [0.25, 0.3) is 0 Å². The largest absolute Gasteiger partial charge is 0.416 e. The van der Waals surface area contributed by atoms with Crippen molar-refractivity contribution in [1.29, 1.82) is 0 Å². The summed E-state index contributed by atoms with van der Waals surface area (Å²) in [6.45, 7) is 4.60. The van der Waals surface area contributed by atoms with Crippen LogP contribution in [0.1, 0.15) is 37.8 Å². The van der Waals surface area contributed by atoms with E-state index in [0.29, 0.717) is 25.9 Å². The summed E-state index contributed by atoms with van der Waals surface area (Å²) >= 11 is 0. The molecule has 6 nitrogen and oxygen atoms in total. The predicted molar refractivity (Wildman–Crippen MR) is 124 cm³/mol. The summed E-state index contributed by atoms with van der Waals surface area (Å²) in [7, 11) is -4.04. The molecule has 1 aliphatic rings. The van der Waals surface area contributed by atoms with Crippen LogP contribution in [0.2, 0.25) is 0 Å². The Morgan fingerprint density at radius 2 is 1.68 bits per heavy atom. The first-order chi connectivity index (χ1) is 15.9. The van der Waals surface area contributed by atoms with Gasteiger partial charge in [0.1, 0.15) is 0 Å². The van der Waals surface area contributed by atoms with E-state index in [1.165, 1.54) is 30.3 Å². The van der Waals surface area contributed by atoms with Crippen LogP contribution in [0.4, 0.5) is 18.9 Å². The molecule has 0 unspecified atom stereocenters. The smallest absolute Gasteiger partial charge is 0.371 e. The van der Waals surface area contributed by atoms with Gasteiger partial charge in [0.2, 0.25) is 15.9 Å². The fraction of sp³-hybridized carbons (Fsp3) is 0.458. The lowest BCUT2D eigenvalue weighted by molar-refractivity contribution is -0.138. The highest BCUT2D eigenvalue weighted by atomic mass is 32.2. The minimum Gasteiger partial charge on any atom is -0.371 e. The highest BCUT2D eigenvalue weighted by molar-refractivity contribution is 7.89. The van der Waals surface area contributed by atoms with Gasteiger partial charge in [-0.15, -0.1) is 0 Å². The van der Waals surface area contributed by atoms with Crippen molar-refractivity contribution in [3.05, 3.63) is 59.7 Å². The molecular weight excluding hydrogens is 467 g/mol. The molecule has 1 amide bonds. The number of hydrogen-bond donors (Lipinski definition) is 1. The van der Waals surface area contributed by atoms with Crippen molar-refractivity contribution in [3.63, 3.8) is 0 Å². The third-order valence-electron chi connectivity index (χ3n) is 5.98. The molecule has 0 radical (unpaired) electrons. The molecule has 10 heteroatoms. The molecule has 0 atom stereocenters. The Balaban J connectivity index is 1.84. The summed E-state index contributed by atoms with van der Waals surface area (Å²) in [6.07, 6.45) is -3.31. The quantitative estimate of drug-likeness (QED) is 0.591. The lowest BCUT2D eigenvalue weighted by atomic mass is 9.96. The third-order valence-corrected chi connectivity index (χ3v) is 7.80. The van der Waals surface area contributed by atoms with Crippen LogP contribution in [-0.2, 0) is 27.5 Å². The topological polar surface area (TPSA) is 83.7 Å².